The molecular weight excluding hydrogens is 275 g/mol. The van der Waals surface area contributed by atoms with Gasteiger partial charge in [-0.3, -0.25) is 0 Å². The Bertz CT molecular complexity index is 574. The van der Waals surface area contributed by atoms with Crippen LogP contribution in [-0.4, -0.2) is 37.4 Å². The Morgan fingerprint density at radius 3 is 2.63 bits per heavy atom. The predicted molar refractivity (Wildman–Crippen MR) is 67.4 cm³/mol. The van der Waals surface area contributed by atoms with E-state index in [1.54, 1.807) is 6.92 Å². The van der Waals surface area contributed by atoms with Crippen molar-refractivity contribution in [3.8, 4) is 0 Å². The van der Waals surface area contributed by atoms with E-state index in [1.807, 2.05) is 0 Å². The normalized spacial score (nSPS) is 11.8. The zero-order valence-corrected chi connectivity index (χ0v) is 11.4. The molecule has 0 amide bonds. The zero-order valence-electron chi connectivity index (χ0n) is 10.6. The Labute approximate surface area is 111 Å². The van der Waals surface area contributed by atoms with Crippen LogP contribution in [-0.2, 0) is 16.8 Å². The number of benzene rings is 1. The molecule has 0 bridgehead atoms. The van der Waals surface area contributed by atoms with Gasteiger partial charge in [-0.25, -0.2) is 9.18 Å². The highest BCUT2D eigenvalue weighted by atomic mass is 32.2. The van der Waals surface area contributed by atoms with Gasteiger partial charge in [-0.05, 0) is 18.2 Å². The summed E-state index contributed by atoms with van der Waals surface area (Å²) in [5, 5.41) is 8.79. The van der Waals surface area contributed by atoms with Crippen molar-refractivity contribution in [1.29, 1.82) is 0 Å². The third kappa shape index (κ3) is 3.98. The minimum Gasteiger partial charge on any atom is -0.478 e. The number of carbonyl (C=O) groups is 1. The summed E-state index contributed by atoms with van der Waals surface area (Å²) in [6, 6.07) is 3.22. The molecule has 0 fully saturated rings. The molecule has 0 saturated carbocycles. The quantitative estimate of drug-likeness (QED) is 0.811. The summed E-state index contributed by atoms with van der Waals surface area (Å²) in [6.45, 7) is 1.62. The summed E-state index contributed by atoms with van der Waals surface area (Å²) >= 11 is 0. The fourth-order valence-electron chi connectivity index (χ4n) is 1.29. The van der Waals surface area contributed by atoms with E-state index in [-0.39, 0.29) is 24.2 Å². The van der Waals surface area contributed by atoms with Gasteiger partial charge in [0.15, 0.2) is 0 Å². The maximum atomic E-state index is 13.4. The summed E-state index contributed by atoms with van der Waals surface area (Å²) in [5.74, 6) is -1.86. The maximum absolute atomic E-state index is 13.4. The first kappa shape index (κ1) is 15.5. The first-order valence-electron chi connectivity index (χ1n) is 5.50. The van der Waals surface area contributed by atoms with E-state index in [0.29, 0.717) is 0 Å². The van der Waals surface area contributed by atoms with Crippen LogP contribution in [0.4, 0.5) is 4.39 Å². The Morgan fingerprint density at radius 2 is 2.11 bits per heavy atom. The van der Waals surface area contributed by atoms with Crippen molar-refractivity contribution in [3.63, 3.8) is 0 Å². The van der Waals surface area contributed by atoms with E-state index in [4.69, 9.17) is 5.11 Å². The lowest BCUT2D eigenvalue weighted by Gasteiger charge is -2.15. The number of aromatic carboxylic acids is 1. The van der Waals surface area contributed by atoms with Crippen LogP contribution in [0.15, 0.2) is 18.2 Å². The molecule has 2 N–H and O–H groups in total. The highest BCUT2D eigenvalue weighted by Gasteiger charge is 2.16. The van der Waals surface area contributed by atoms with Crippen LogP contribution < -0.4 is 4.72 Å². The van der Waals surface area contributed by atoms with Crippen LogP contribution in [0.2, 0.25) is 0 Å². The molecule has 106 valence electrons. The fraction of sp³-hybridized carbons (Fsp3) is 0.364. The van der Waals surface area contributed by atoms with Crippen LogP contribution in [0, 0.1) is 5.82 Å². The van der Waals surface area contributed by atoms with Crippen LogP contribution in [0.1, 0.15) is 22.8 Å². The van der Waals surface area contributed by atoms with Crippen molar-refractivity contribution in [2.45, 2.75) is 13.5 Å². The van der Waals surface area contributed by atoms with Gasteiger partial charge in [0.2, 0.25) is 0 Å². The standard InChI is InChI=1S/C11H15FN2O4S/c1-3-14(2)19(17,18)13-7-9-6-8(11(15)16)4-5-10(9)12/h4-6,13H,3,7H2,1-2H3,(H,15,16). The highest BCUT2D eigenvalue weighted by Crippen LogP contribution is 2.11. The number of carboxylic acid groups (broad SMARTS) is 1. The molecule has 1 rings (SSSR count). The Balaban J connectivity index is 2.89. The molecule has 0 aliphatic heterocycles. The van der Waals surface area contributed by atoms with Gasteiger partial charge in [0.25, 0.3) is 10.2 Å². The molecule has 0 radical (unpaired) electrons. The molecule has 1 aromatic rings. The van der Waals surface area contributed by atoms with Crippen molar-refractivity contribution in [2.75, 3.05) is 13.6 Å². The van der Waals surface area contributed by atoms with E-state index in [2.05, 4.69) is 4.72 Å². The summed E-state index contributed by atoms with van der Waals surface area (Å²) in [5.41, 5.74) is -0.118. The summed E-state index contributed by atoms with van der Waals surface area (Å²) in [4.78, 5) is 10.8. The van der Waals surface area contributed by atoms with Crippen molar-refractivity contribution in [2.24, 2.45) is 0 Å². The second-order valence-electron chi connectivity index (χ2n) is 3.85. The van der Waals surface area contributed by atoms with Gasteiger partial charge in [0.1, 0.15) is 5.82 Å². The number of halogens is 1. The Morgan fingerprint density at radius 1 is 1.47 bits per heavy atom. The molecule has 0 atom stereocenters. The number of carboxylic acids is 1. The second-order valence-corrected chi connectivity index (χ2v) is 5.71. The lowest BCUT2D eigenvalue weighted by Crippen LogP contribution is -2.37. The van der Waals surface area contributed by atoms with Crippen LogP contribution in [0.5, 0.6) is 0 Å². The summed E-state index contributed by atoms with van der Waals surface area (Å²) in [6.07, 6.45) is 0. The molecule has 6 nitrogen and oxygen atoms in total. The minimum atomic E-state index is -3.69. The molecule has 19 heavy (non-hydrogen) atoms. The van der Waals surface area contributed by atoms with Gasteiger partial charge in [0.05, 0.1) is 5.56 Å². The first-order valence-corrected chi connectivity index (χ1v) is 6.94. The second kappa shape index (κ2) is 6.09. The van der Waals surface area contributed by atoms with Crippen LogP contribution >= 0.6 is 0 Å². The molecule has 0 aromatic heterocycles. The molecule has 0 aliphatic rings. The van der Waals surface area contributed by atoms with Gasteiger partial charge in [-0.15, -0.1) is 0 Å². The van der Waals surface area contributed by atoms with Gasteiger partial charge in [0, 0.05) is 25.7 Å². The summed E-state index contributed by atoms with van der Waals surface area (Å²) < 4.78 is 40.0. The lowest BCUT2D eigenvalue weighted by molar-refractivity contribution is 0.0696. The topological polar surface area (TPSA) is 86.7 Å². The molecule has 0 aliphatic carbocycles. The maximum Gasteiger partial charge on any atom is 0.335 e. The van der Waals surface area contributed by atoms with E-state index in [1.165, 1.54) is 7.05 Å². The summed E-state index contributed by atoms with van der Waals surface area (Å²) in [7, 11) is -2.31. The van der Waals surface area contributed by atoms with Crippen LogP contribution in [0.25, 0.3) is 0 Å². The first-order chi connectivity index (χ1) is 8.77. The number of nitrogens with one attached hydrogen (secondary N) is 1. The fourth-order valence-corrected chi connectivity index (χ4v) is 2.19. The van der Waals surface area contributed by atoms with Crippen molar-refractivity contribution >= 4 is 16.2 Å². The van der Waals surface area contributed by atoms with Gasteiger partial charge in [-0.2, -0.15) is 17.4 Å². The van der Waals surface area contributed by atoms with E-state index in [0.717, 1.165) is 22.5 Å². The molecule has 0 heterocycles. The SMILES string of the molecule is CCN(C)S(=O)(=O)NCc1cc(C(=O)O)ccc1F. The predicted octanol–water partition coefficient (Wildman–Crippen LogP) is 0.810. The van der Waals surface area contributed by atoms with Gasteiger partial charge in [-0.1, -0.05) is 6.92 Å². The Hall–Kier alpha value is -1.51. The molecular formula is C11H15FN2O4S. The smallest absolute Gasteiger partial charge is 0.335 e. The van der Waals surface area contributed by atoms with Gasteiger partial charge >= 0.3 is 5.97 Å². The third-order valence-electron chi connectivity index (χ3n) is 2.59. The third-order valence-corrected chi connectivity index (χ3v) is 4.18. The lowest BCUT2D eigenvalue weighted by atomic mass is 10.1. The number of nitrogens with zero attached hydrogens (tertiary/aromatic N) is 1. The number of rotatable bonds is 6. The minimum absolute atomic E-state index is 0.0204. The molecule has 0 saturated heterocycles. The number of hydrogen-bond donors (Lipinski definition) is 2. The molecule has 1 aromatic carbocycles. The van der Waals surface area contributed by atoms with Crippen LogP contribution in [0.3, 0.4) is 0 Å². The van der Waals surface area contributed by atoms with Gasteiger partial charge < -0.3 is 5.11 Å². The Kier molecular flexibility index (Phi) is 4.98. The van der Waals surface area contributed by atoms with E-state index < -0.39 is 22.0 Å². The number of hydrogen-bond acceptors (Lipinski definition) is 3. The van der Waals surface area contributed by atoms with E-state index >= 15 is 0 Å². The van der Waals surface area contributed by atoms with Crippen molar-refractivity contribution in [3.05, 3.63) is 35.1 Å². The largest absolute Gasteiger partial charge is 0.478 e. The zero-order chi connectivity index (χ0) is 14.6. The monoisotopic (exact) mass is 290 g/mol. The van der Waals surface area contributed by atoms with E-state index in [9.17, 15) is 17.6 Å². The average molecular weight is 290 g/mol. The molecule has 8 heteroatoms. The van der Waals surface area contributed by atoms with Crippen molar-refractivity contribution < 1.29 is 22.7 Å². The van der Waals surface area contributed by atoms with Crippen molar-refractivity contribution in [1.82, 2.24) is 9.03 Å². The highest BCUT2D eigenvalue weighted by molar-refractivity contribution is 7.87. The average Bonchev–Trinajstić information content (AvgIpc) is 2.36. The molecule has 0 unspecified atom stereocenters. The molecule has 0 spiro atoms.